The molecule has 2 aliphatic rings. The maximum Gasteiger partial charge on any atom is 0.121 e. The normalized spacial score (nSPS) is 18.7. The Hall–Kier alpha value is -2.40. The highest BCUT2D eigenvalue weighted by Crippen LogP contribution is 2.42. The summed E-state index contributed by atoms with van der Waals surface area (Å²) in [4.78, 5) is 0. The van der Waals surface area contributed by atoms with E-state index in [0.29, 0.717) is 5.75 Å². The topological polar surface area (TPSA) is 51.0 Å². The molecule has 0 aromatic heterocycles. The number of phenolic OH excluding ortho intramolecular Hbond substituents is 1. The molecule has 2 aliphatic heterocycles. The van der Waals surface area contributed by atoms with Gasteiger partial charge in [-0.1, -0.05) is 6.07 Å². The molecule has 22 heavy (non-hydrogen) atoms. The zero-order valence-electron chi connectivity index (χ0n) is 13.0. The molecule has 1 unspecified atom stereocenters. The number of hydrogen-bond acceptors (Lipinski definition) is 5. The van der Waals surface area contributed by atoms with Crippen molar-refractivity contribution in [2.24, 2.45) is 10.2 Å². The number of hydrazine groups is 1. The van der Waals surface area contributed by atoms with E-state index in [1.165, 1.54) is 11.3 Å². The van der Waals surface area contributed by atoms with Crippen LogP contribution in [0.1, 0.15) is 22.3 Å². The lowest BCUT2D eigenvalue weighted by Gasteiger charge is -2.06. The molecule has 0 radical (unpaired) electrons. The van der Waals surface area contributed by atoms with Gasteiger partial charge in [-0.25, -0.2) is 0 Å². The standard InChI is InChI=1S/C17H18N4O/c1-10-4-13-8-20-9-21(20)16(13)7-15(10)19-18-14-5-11(2)17(22)12(3)6-14/h4-7,22H,8-9H2,1-3H3. The number of aryl methyl sites for hydroxylation is 3. The second kappa shape index (κ2) is 4.55. The molecule has 1 N–H and O–H groups in total. The Morgan fingerprint density at radius 3 is 2.41 bits per heavy atom. The van der Waals surface area contributed by atoms with Gasteiger partial charge in [0, 0.05) is 6.54 Å². The van der Waals surface area contributed by atoms with Crippen molar-refractivity contribution in [3.05, 3.63) is 46.5 Å². The van der Waals surface area contributed by atoms with Gasteiger partial charge in [0.25, 0.3) is 0 Å². The highest BCUT2D eigenvalue weighted by Gasteiger charge is 2.39. The fourth-order valence-electron chi connectivity index (χ4n) is 3.01. The van der Waals surface area contributed by atoms with Crippen molar-refractivity contribution in [2.45, 2.75) is 27.3 Å². The molecule has 1 atom stereocenters. The van der Waals surface area contributed by atoms with Crippen LogP contribution in [0.4, 0.5) is 17.1 Å². The van der Waals surface area contributed by atoms with Gasteiger partial charge >= 0.3 is 0 Å². The van der Waals surface area contributed by atoms with Crippen molar-refractivity contribution < 1.29 is 5.11 Å². The Labute approximate surface area is 129 Å². The number of rotatable bonds is 2. The average molecular weight is 294 g/mol. The van der Waals surface area contributed by atoms with Gasteiger partial charge in [-0.15, -0.1) is 0 Å². The Morgan fingerprint density at radius 2 is 1.68 bits per heavy atom. The summed E-state index contributed by atoms with van der Waals surface area (Å²) in [6.45, 7) is 7.83. The van der Waals surface area contributed by atoms with E-state index in [4.69, 9.17) is 0 Å². The highest BCUT2D eigenvalue weighted by atomic mass is 16.3. The number of aromatic hydroxyl groups is 1. The van der Waals surface area contributed by atoms with E-state index in [9.17, 15) is 5.11 Å². The lowest BCUT2D eigenvalue weighted by atomic mass is 10.1. The molecule has 0 spiro atoms. The average Bonchev–Trinajstić information content (AvgIpc) is 3.15. The van der Waals surface area contributed by atoms with Crippen molar-refractivity contribution >= 4 is 17.1 Å². The van der Waals surface area contributed by atoms with Gasteiger partial charge in [-0.05, 0) is 61.2 Å². The first-order chi connectivity index (χ1) is 10.5. The Balaban J connectivity index is 1.68. The molecule has 2 aromatic carbocycles. The molecule has 0 amide bonds. The van der Waals surface area contributed by atoms with Crippen LogP contribution in [0.15, 0.2) is 34.5 Å². The Morgan fingerprint density at radius 1 is 0.955 bits per heavy atom. The maximum absolute atomic E-state index is 9.82. The predicted molar refractivity (Wildman–Crippen MR) is 85.8 cm³/mol. The largest absolute Gasteiger partial charge is 0.507 e. The third-order valence-corrected chi connectivity index (χ3v) is 4.33. The van der Waals surface area contributed by atoms with Crippen LogP contribution in [0.25, 0.3) is 0 Å². The summed E-state index contributed by atoms with van der Waals surface area (Å²) in [5.41, 5.74) is 7.05. The number of anilines is 1. The molecule has 0 aliphatic carbocycles. The summed E-state index contributed by atoms with van der Waals surface area (Å²) < 4.78 is 0. The predicted octanol–water partition coefficient (Wildman–Crippen LogP) is 4.24. The molecular formula is C17H18N4O. The zero-order chi connectivity index (χ0) is 15.4. The fraction of sp³-hybridized carbons (Fsp3) is 0.294. The summed E-state index contributed by atoms with van der Waals surface area (Å²) in [5, 5.41) is 23.1. The van der Waals surface area contributed by atoms with Crippen molar-refractivity contribution in [1.82, 2.24) is 5.01 Å². The molecule has 5 nitrogen and oxygen atoms in total. The summed E-state index contributed by atoms with van der Waals surface area (Å²) in [6.07, 6.45) is 0. The molecule has 2 aromatic rings. The van der Waals surface area contributed by atoms with E-state index in [1.54, 1.807) is 0 Å². The first kappa shape index (κ1) is 13.3. The van der Waals surface area contributed by atoms with Gasteiger partial charge in [0.2, 0.25) is 0 Å². The second-order valence-electron chi connectivity index (χ2n) is 6.10. The van der Waals surface area contributed by atoms with E-state index in [1.807, 2.05) is 26.0 Å². The molecule has 4 rings (SSSR count). The van der Waals surface area contributed by atoms with Crippen LogP contribution in [0.5, 0.6) is 5.75 Å². The van der Waals surface area contributed by atoms with Gasteiger partial charge in [-0.2, -0.15) is 15.2 Å². The van der Waals surface area contributed by atoms with Gasteiger partial charge < -0.3 is 5.11 Å². The second-order valence-corrected chi connectivity index (χ2v) is 6.10. The summed E-state index contributed by atoms with van der Waals surface area (Å²) >= 11 is 0. The Bertz CT molecular complexity index is 790. The van der Waals surface area contributed by atoms with E-state index >= 15 is 0 Å². The first-order valence-electron chi connectivity index (χ1n) is 7.41. The zero-order valence-corrected chi connectivity index (χ0v) is 13.0. The number of fused-ring (bicyclic) bond motifs is 3. The first-order valence-corrected chi connectivity index (χ1v) is 7.41. The number of nitrogens with zero attached hydrogens (tertiary/aromatic N) is 4. The van der Waals surface area contributed by atoms with E-state index in [2.05, 4.69) is 39.3 Å². The minimum Gasteiger partial charge on any atom is -0.507 e. The maximum atomic E-state index is 9.82. The highest BCUT2D eigenvalue weighted by molar-refractivity contribution is 5.68. The molecule has 0 bridgehead atoms. The van der Waals surface area contributed by atoms with E-state index in [-0.39, 0.29) is 0 Å². The van der Waals surface area contributed by atoms with Crippen LogP contribution in [-0.4, -0.2) is 16.8 Å². The number of hydrogen-bond donors (Lipinski definition) is 1. The monoisotopic (exact) mass is 294 g/mol. The molecule has 1 saturated heterocycles. The number of benzene rings is 2. The molecule has 5 heteroatoms. The van der Waals surface area contributed by atoms with E-state index in [0.717, 1.165) is 41.3 Å². The van der Waals surface area contributed by atoms with E-state index < -0.39 is 0 Å². The lowest BCUT2D eigenvalue weighted by molar-refractivity contribution is 0.467. The third-order valence-electron chi connectivity index (χ3n) is 4.33. The van der Waals surface area contributed by atoms with Crippen LogP contribution in [-0.2, 0) is 6.54 Å². The third kappa shape index (κ3) is 2.05. The molecule has 0 saturated carbocycles. The van der Waals surface area contributed by atoms with Gasteiger partial charge in [0.1, 0.15) is 12.4 Å². The van der Waals surface area contributed by atoms with Crippen LogP contribution >= 0.6 is 0 Å². The molecule has 1 fully saturated rings. The minimum atomic E-state index is 0.328. The Kier molecular flexibility index (Phi) is 2.74. The summed E-state index contributed by atoms with van der Waals surface area (Å²) in [6, 6.07) is 8.01. The van der Waals surface area contributed by atoms with Gasteiger partial charge in [0.15, 0.2) is 0 Å². The van der Waals surface area contributed by atoms with Crippen LogP contribution in [0, 0.1) is 20.8 Å². The minimum absolute atomic E-state index is 0.328. The number of azo groups is 1. The van der Waals surface area contributed by atoms with Gasteiger partial charge in [-0.3, -0.25) is 5.01 Å². The molecule has 112 valence electrons. The molecular weight excluding hydrogens is 276 g/mol. The summed E-state index contributed by atoms with van der Waals surface area (Å²) in [5.74, 6) is 0.328. The van der Waals surface area contributed by atoms with Crippen LogP contribution < -0.4 is 5.01 Å². The van der Waals surface area contributed by atoms with Gasteiger partial charge in [0.05, 0.1) is 17.1 Å². The number of phenols is 1. The fourth-order valence-corrected chi connectivity index (χ4v) is 3.01. The van der Waals surface area contributed by atoms with Crippen molar-refractivity contribution in [2.75, 3.05) is 11.7 Å². The SMILES string of the molecule is Cc1cc2c(cc1N=Nc1cc(C)c(O)c(C)c1)N1CN1C2. The van der Waals surface area contributed by atoms with Crippen molar-refractivity contribution in [3.63, 3.8) is 0 Å². The lowest BCUT2D eigenvalue weighted by Crippen LogP contribution is -1.91. The summed E-state index contributed by atoms with van der Waals surface area (Å²) in [7, 11) is 0. The van der Waals surface area contributed by atoms with Crippen LogP contribution in [0.3, 0.4) is 0 Å². The van der Waals surface area contributed by atoms with Crippen molar-refractivity contribution in [1.29, 1.82) is 0 Å². The van der Waals surface area contributed by atoms with Crippen molar-refractivity contribution in [3.8, 4) is 5.75 Å². The smallest absolute Gasteiger partial charge is 0.121 e. The quantitative estimate of drug-likeness (QED) is 0.665. The molecule has 2 heterocycles. The van der Waals surface area contributed by atoms with Crippen LogP contribution in [0.2, 0.25) is 0 Å².